The second-order valence-electron chi connectivity index (χ2n) is 6.65. The van der Waals surface area contributed by atoms with Crippen LogP contribution in [0.3, 0.4) is 0 Å². The zero-order chi connectivity index (χ0) is 19.3. The Balaban J connectivity index is 1.50. The van der Waals surface area contributed by atoms with E-state index in [-0.39, 0.29) is 11.8 Å². The Kier molecular flexibility index (Phi) is 5.35. The summed E-state index contributed by atoms with van der Waals surface area (Å²) in [5.41, 5.74) is 4.45. The van der Waals surface area contributed by atoms with Crippen molar-refractivity contribution in [2.45, 2.75) is 12.8 Å². The molecule has 0 aliphatic carbocycles. The van der Waals surface area contributed by atoms with Gasteiger partial charge < -0.3 is 10.2 Å². The molecule has 2 amide bonds. The Morgan fingerprint density at radius 2 is 1.93 bits per heavy atom. The summed E-state index contributed by atoms with van der Waals surface area (Å²) in [5, 5.41) is 6.87. The van der Waals surface area contributed by atoms with E-state index in [1.807, 2.05) is 70.3 Å². The van der Waals surface area contributed by atoms with Gasteiger partial charge in [0, 0.05) is 29.6 Å². The van der Waals surface area contributed by atoms with Crippen LogP contribution in [0.4, 0.5) is 11.4 Å². The largest absolute Gasteiger partial charge is 0.323 e. The maximum absolute atomic E-state index is 12.9. The molecule has 1 aliphatic rings. The molecule has 140 valence electrons. The van der Waals surface area contributed by atoms with Crippen LogP contribution in [-0.2, 0) is 11.2 Å². The number of hydrogen-bond donors (Lipinski definition) is 1. The molecule has 2 heterocycles. The summed E-state index contributed by atoms with van der Waals surface area (Å²) >= 11 is 1.60. The van der Waals surface area contributed by atoms with E-state index in [1.54, 1.807) is 17.4 Å². The number of carbonyl (C=O) groups is 2. The van der Waals surface area contributed by atoms with E-state index in [4.69, 9.17) is 0 Å². The molecule has 1 aromatic heterocycles. The normalized spacial score (nSPS) is 13.4. The van der Waals surface area contributed by atoms with Gasteiger partial charge in [-0.1, -0.05) is 18.2 Å². The molecule has 28 heavy (non-hydrogen) atoms. The molecule has 0 atom stereocenters. The van der Waals surface area contributed by atoms with Crippen LogP contribution in [-0.4, -0.2) is 18.4 Å². The van der Waals surface area contributed by atoms with Gasteiger partial charge in [-0.25, -0.2) is 0 Å². The van der Waals surface area contributed by atoms with Crippen LogP contribution in [0.5, 0.6) is 0 Å². The van der Waals surface area contributed by atoms with Gasteiger partial charge in [-0.05, 0) is 77.2 Å². The number of aryl methyl sites for hydroxylation is 1. The maximum Gasteiger partial charge on any atom is 0.258 e. The molecule has 0 fully saturated rings. The monoisotopic (exact) mass is 388 g/mol. The molecule has 0 spiro atoms. The lowest BCUT2D eigenvalue weighted by atomic mass is 10.00. The third-order valence-electron chi connectivity index (χ3n) is 4.70. The maximum atomic E-state index is 12.9. The Morgan fingerprint density at radius 1 is 1.07 bits per heavy atom. The lowest BCUT2D eigenvalue weighted by Crippen LogP contribution is -2.35. The fraction of sp³-hybridized carbons (Fsp3) is 0.130. The highest BCUT2D eigenvalue weighted by Gasteiger charge is 2.23. The van der Waals surface area contributed by atoms with Gasteiger partial charge in [0.15, 0.2) is 0 Å². The van der Waals surface area contributed by atoms with Crippen LogP contribution >= 0.6 is 11.3 Å². The molecule has 5 heteroatoms. The molecule has 0 saturated heterocycles. The first-order valence-corrected chi connectivity index (χ1v) is 10.2. The van der Waals surface area contributed by atoms with Gasteiger partial charge in [0.1, 0.15) is 0 Å². The van der Waals surface area contributed by atoms with E-state index in [0.29, 0.717) is 12.1 Å². The molecular formula is C23H20N2O2S. The van der Waals surface area contributed by atoms with Crippen LogP contribution in [0.1, 0.15) is 27.9 Å². The number of hydrogen-bond acceptors (Lipinski definition) is 3. The van der Waals surface area contributed by atoms with Crippen molar-refractivity contribution in [3.63, 3.8) is 0 Å². The highest BCUT2D eigenvalue weighted by Crippen LogP contribution is 2.31. The zero-order valence-electron chi connectivity index (χ0n) is 15.3. The third-order valence-corrected chi connectivity index (χ3v) is 5.40. The lowest BCUT2D eigenvalue weighted by molar-refractivity contribution is -0.111. The van der Waals surface area contributed by atoms with E-state index in [0.717, 1.165) is 35.3 Å². The number of rotatable bonds is 4. The molecular weight excluding hydrogens is 368 g/mol. The van der Waals surface area contributed by atoms with Gasteiger partial charge in [-0.3, -0.25) is 9.59 Å². The number of anilines is 2. The molecule has 0 unspecified atom stereocenters. The Labute approximate surface area is 168 Å². The van der Waals surface area contributed by atoms with Gasteiger partial charge in [-0.2, -0.15) is 11.3 Å². The smallest absolute Gasteiger partial charge is 0.258 e. The minimum Gasteiger partial charge on any atom is -0.323 e. The van der Waals surface area contributed by atoms with E-state index in [2.05, 4.69) is 5.32 Å². The predicted molar refractivity (Wildman–Crippen MR) is 115 cm³/mol. The average Bonchev–Trinajstić information content (AvgIpc) is 3.25. The predicted octanol–water partition coefficient (Wildman–Crippen LogP) is 4.99. The van der Waals surface area contributed by atoms with E-state index < -0.39 is 0 Å². The summed E-state index contributed by atoms with van der Waals surface area (Å²) in [6, 6.07) is 17.0. The Hall–Kier alpha value is -3.18. The Bertz CT molecular complexity index is 1010. The fourth-order valence-corrected chi connectivity index (χ4v) is 3.98. The molecule has 2 aromatic carbocycles. The van der Waals surface area contributed by atoms with Crippen LogP contribution in [0.15, 0.2) is 71.4 Å². The second-order valence-corrected chi connectivity index (χ2v) is 7.43. The molecule has 0 bridgehead atoms. The summed E-state index contributed by atoms with van der Waals surface area (Å²) in [7, 11) is 0. The van der Waals surface area contributed by atoms with Crippen LogP contribution < -0.4 is 10.2 Å². The van der Waals surface area contributed by atoms with E-state index >= 15 is 0 Å². The summed E-state index contributed by atoms with van der Waals surface area (Å²) < 4.78 is 0. The van der Waals surface area contributed by atoms with Crippen molar-refractivity contribution in [3.8, 4) is 0 Å². The number of nitrogens with zero attached hydrogens (tertiary/aromatic N) is 1. The number of carbonyl (C=O) groups excluding carboxylic acids is 2. The quantitative estimate of drug-likeness (QED) is 0.640. The number of nitrogens with one attached hydrogen (secondary N) is 1. The average molecular weight is 388 g/mol. The van der Waals surface area contributed by atoms with Gasteiger partial charge in [-0.15, -0.1) is 0 Å². The lowest BCUT2D eigenvalue weighted by Gasteiger charge is -2.30. The highest BCUT2D eigenvalue weighted by molar-refractivity contribution is 7.08. The third kappa shape index (κ3) is 4.05. The molecule has 3 aromatic rings. The van der Waals surface area contributed by atoms with Crippen molar-refractivity contribution in [2.24, 2.45) is 0 Å². The Morgan fingerprint density at radius 3 is 2.71 bits per heavy atom. The molecule has 0 radical (unpaired) electrons. The standard InChI is InChI=1S/C23H20N2O2S/c26-22(11-8-17-12-14-28-16-17)24-20-9-10-21-19(15-20)7-4-13-25(21)23(27)18-5-2-1-3-6-18/h1-3,5-6,8-12,14-16H,4,7,13H2,(H,24,26)/b11-8+. The van der Waals surface area contributed by atoms with Crippen LogP contribution in [0.2, 0.25) is 0 Å². The summed E-state index contributed by atoms with van der Waals surface area (Å²) in [5.74, 6) is -0.156. The minimum absolute atomic E-state index is 0.0111. The molecule has 0 saturated carbocycles. The number of benzene rings is 2. The van der Waals surface area contributed by atoms with Crippen molar-refractivity contribution in [1.29, 1.82) is 0 Å². The summed E-state index contributed by atoms with van der Waals surface area (Å²) in [6.07, 6.45) is 5.13. The molecule has 1 aliphatic heterocycles. The first-order chi connectivity index (χ1) is 13.7. The van der Waals surface area contributed by atoms with Crippen molar-refractivity contribution in [1.82, 2.24) is 0 Å². The van der Waals surface area contributed by atoms with E-state index in [9.17, 15) is 9.59 Å². The van der Waals surface area contributed by atoms with Crippen LogP contribution in [0.25, 0.3) is 6.08 Å². The van der Waals surface area contributed by atoms with Gasteiger partial charge in [0.05, 0.1) is 0 Å². The van der Waals surface area contributed by atoms with Gasteiger partial charge in [0.2, 0.25) is 5.91 Å². The van der Waals surface area contributed by atoms with Gasteiger partial charge in [0.25, 0.3) is 5.91 Å². The van der Waals surface area contributed by atoms with Crippen LogP contribution in [0, 0.1) is 0 Å². The molecule has 4 nitrogen and oxygen atoms in total. The first kappa shape index (κ1) is 18.2. The van der Waals surface area contributed by atoms with Gasteiger partial charge >= 0.3 is 0 Å². The van der Waals surface area contributed by atoms with Crippen molar-refractivity contribution in [2.75, 3.05) is 16.8 Å². The highest BCUT2D eigenvalue weighted by atomic mass is 32.1. The van der Waals surface area contributed by atoms with Crippen molar-refractivity contribution >= 4 is 40.6 Å². The number of amides is 2. The minimum atomic E-state index is -0.167. The van der Waals surface area contributed by atoms with Crippen molar-refractivity contribution in [3.05, 3.63) is 88.1 Å². The first-order valence-electron chi connectivity index (χ1n) is 9.22. The topological polar surface area (TPSA) is 49.4 Å². The van der Waals surface area contributed by atoms with E-state index in [1.165, 1.54) is 6.08 Å². The number of thiophene rings is 1. The zero-order valence-corrected chi connectivity index (χ0v) is 16.1. The summed E-state index contributed by atoms with van der Waals surface area (Å²) in [6.45, 7) is 0.704. The van der Waals surface area contributed by atoms with Crippen molar-refractivity contribution < 1.29 is 9.59 Å². The fourth-order valence-electron chi connectivity index (χ4n) is 3.35. The number of fused-ring (bicyclic) bond motifs is 1. The summed E-state index contributed by atoms with van der Waals surface area (Å²) in [4.78, 5) is 26.9. The molecule has 1 N–H and O–H groups in total. The SMILES string of the molecule is O=C(/C=C/c1ccsc1)Nc1ccc2c(c1)CCCN2C(=O)c1ccccc1. The second kappa shape index (κ2) is 8.23. The molecule has 4 rings (SSSR count).